The first-order valence-corrected chi connectivity index (χ1v) is 9.78. The molecule has 1 atom stereocenters. The third kappa shape index (κ3) is 5.58. The molecule has 0 saturated heterocycles. The lowest BCUT2D eigenvalue weighted by Crippen LogP contribution is -2.45. The van der Waals surface area contributed by atoms with Crippen molar-refractivity contribution in [2.45, 2.75) is 50.4 Å². The molecule has 2 N–H and O–H groups in total. The van der Waals surface area contributed by atoms with Crippen LogP contribution in [-0.2, 0) is 11.0 Å². The van der Waals surface area contributed by atoms with E-state index < -0.39 is 35.4 Å². The Morgan fingerprint density at radius 2 is 1.63 bits per heavy atom. The van der Waals surface area contributed by atoms with Crippen molar-refractivity contribution in [2.24, 2.45) is 0 Å². The maximum atomic E-state index is 13.3. The maximum Gasteiger partial charge on any atom is 0.416 e. The Hall–Kier alpha value is -2.90. The fourth-order valence-corrected chi connectivity index (χ4v) is 3.54. The van der Waals surface area contributed by atoms with Crippen molar-refractivity contribution >= 4 is 11.8 Å². The van der Waals surface area contributed by atoms with Crippen molar-refractivity contribution in [2.75, 3.05) is 0 Å². The van der Waals surface area contributed by atoms with Crippen LogP contribution in [-0.4, -0.2) is 17.9 Å². The molecule has 2 aromatic rings. The van der Waals surface area contributed by atoms with Gasteiger partial charge in [0, 0.05) is 11.6 Å². The summed E-state index contributed by atoms with van der Waals surface area (Å²) in [6.45, 7) is 0. The second-order valence-corrected chi connectivity index (χ2v) is 7.38. The van der Waals surface area contributed by atoms with Crippen molar-refractivity contribution < 1.29 is 27.2 Å². The minimum absolute atomic E-state index is 0.0281. The lowest BCUT2D eigenvalue weighted by Gasteiger charge is -2.26. The van der Waals surface area contributed by atoms with Gasteiger partial charge in [0.05, 0.1) is 5.56 Å². The number of nitrogens with one attached hydrogen (secondary N) is 2. The first-order valence-electron chi connectivity index (χ1n) is 9.78. The second kappa shape index (κ2) is 9.28. The van der Waals surface area contributed by atoms with Gasteiger partial charge in [-0.05, 0) is 48.7 Å². The summed E-state index contributed by atoms with van der Waals surface area (Å²) in [7, 11) is 0. The highest BCUT2D eigenvalue weighted by molar-refractivity contribution is 5.98. The average Bonchev–Trinajstić information content (AvgIpc) is 2.73. The lowest BCUT2D eigenvalue weighted by atomic mass is 9.95. The maximum absolute atomic E-state index is 13.3. The number of amides is 2. The van der Waals surface area contributed by atoms with Gasteiger partial charge in [-0.25, -0.2) is 4.39 Å². The Balaban J connectivity index is 1.82. The molecule has 1 fully saturated rings. The van der Waals surface area contributed by atoms with Crippen molar-refractivity contribution in [3.05, 3.63) is 71.0 Å². The molecule has 0 radical (unpaired) electrons. The summed E-state index contributed by atoms with van der Waals surface area (Å²) in [5, 5.41) is 5.39. The molecule has 160 valence electrons. The van der Waals surface area contributed by atoms with Gasteiger partial charge in [0.15, 0.2) is 0 Å². The molecule has 1 aliphatic rings. The van der Waals surface area contributed by atoms with Crippen LogP contribution in [0.15, 0.2) is 48.5 Å². The van der Waals surface area contributed by atoms with Gasteiger partial charge >= 0.3 is 6.18 Å². The summed E-state index contributed by atoms with van der Waals surface area (Å²) in [6.07, 6.45) is 0.128. The van der Waals surface area contributed by atoms with Crippen LogP contribution < -0.4 is 10.6 Å². The third-order valence-corrected chi connectivity index (χ3v) is 5.14. The van der Waals surface area contributed by atoms with Gasteiger partial charge in [-0.2, -0.15) is 13.2 Å². The molecular weight excluding hydrogens is 400 g/mol. The summed E-state index contributed by atoms with van der Waals surface area (Å²) in [6, 6.07) is 7.84. The summed E-state index contributed by atoms with van der Waals surface area (Å²) >= 11 is 0. The van der Waals surface area contributed by atoms with E-state index in [4.69, 9.17) is 0 Å². The summed E-state index contributed by atoms with van der Waals surface area (Å²) in [4.78, 5) is 25.5. The Bertz CT molecular complexity index is 891. The second-order valence-electron chi connectivity index (χ2n) is 7.38. The van der Waals surface area contributed by atoms with E-state index in [1.54, 1.807) is 0 Å². The molecule has 0 aromatic heterocycles. The SMILES string of the molecule is O=C(NC(C(=O)NC1CCCCC1)c1ccc(F)cc1)c1cccc(C(F)(F)F)c1. The zero-order valence-electron chi connectivity index (χ0n) is 16.1. The van der Waals surface area contributed by atoms with Crippen LogP contribution in [0.25, 0.3) is 0 Å². The molecule has 4 nitrogen and oxygen atoms in total. The van der Waals surface area contributed by atoms with Gasteiger partial charge in [0.2, 0.25) is 5.91 Å². The third-order valence-electron chi connectivity index (χ3n) is 5.14. The number of hydrogen-bond acceptors (Lipinski definition) is 2. The van der Waals surface area contributed by atoms with Crippen LogP contribution in [0.2, 0.25) is 0 Å². The van der Waals surface area contributed by atoms with E-state index in [9.17, 15) is 27.2 Å². The number of benzene rings is 2. The highest BCUT2D eigenvalue weighted by Gasteiger charge is 2.32. The van der Waals surface area contributed by atoms with Gasteiger partial charge in [-0.3, -0.25) is 9.59 Å². The van der Waals surface area contributed by atoms with Crippen LogP contribution in [0, 0.1) is 5.82 Å². The molecule has 2 amide bonds. The highest BCUT2D eigenvalue weighted by Crippen LogP contribution is 2.29. The number of carbonyl (C=O) groups is 2. The van der Waals surface area contributed by atoms with Gasteiger partial charge in [-0.1, -0.05) is 37.5 Å². The average molecular weight is 422 g/mol. The molecule has 0 bridgehead atoms. The van der Waals surface area contributed by atoms with E-state index in [1.807, 2.05) is 0 Å². The molecule has 2 aromatic carbocycles. The van der Waals surface area contributed by atoms with Gasteiger partial charge in [0.25, 0.3) is 5.91 Å². The molecule has 8 heteroatoms. The molecule has 30 heavy (non-hydrogen) atoms. The zero-order valence-corrected chi connectivity index (χ0v) is 16.1. The van der Waals surface area contributed by atoms with Crippen molar-refractivity contribution in [1.82, 2.24) is 10.6 Å². The monoisotopic (exact) mass is 422 g/mol. The standard InChI is InChI=1S/C22H22F4N2O2/c23-17-11-9-14(10-12-17)19(21(30)27-18-7-2-1-3-8-18)28-20(29)15-5-4-6-16(13-15)22(24,25)26/h4-6,9-13,18-19H,1-3,7-8H2,(H,27,30)(H,28,29). The zero-order chi connectivity index (χ0) is 21.7. The summed E-state index contributed by atoms with van der Waals surface area (Å²) < 4.78 is 52.2. The van der Waals surface area contributed by atoms with E-state index in [2.05, 4.69) is 10.6 Å². The molecule has 1 aliphatic carbocycles. The highest BCUT2D eigenvalue weighted by atomic mass is 19.4. The number of carbonyl (C=O) groups excluding carboxylic acids is 2. The predicted molar refractivity (Wildman–Crippen MR) is 103 cm³/mol. The predicted octanol–water partition coefficient (Wildman–Crippen LogP) is 4.76. The molecule has 1 saturated carbocycles. The summed E-state index contributed by atoms with van der Waals surface area (Å²) in [5.41, 5.74) is -0.840. The number of halogens is 4. The van der Waals surface area contributed by atoms with Crippen LogP contribution in [0.3, 0.4) is 0 Å². The van der Waals surface area contributed by atoms with E-state index in [0.29, 0.717) is 5.56 Å². The smallest absolute Gasteiger partial charge is 0.351 e. The Morgan fingerprint density at radius 3 is 2.27 bits per heavy atom. The molecule has 1 unspecified atom stereocenters. The Labute approximate surface area is 171 Å². The fourth-order valence-electron chi connectivity index (χ4n) is 3.54. The molecule has 0 spiro atoms. The Morgan fingerprint density at radius 1 is 0.967 bits per heavy atom. The topological polar surface area (TPSA) is 58.2 Å². The van der Waals surface area contributed by atoms with Crippen molar-refractivity contribution in [3.8, 4) is 0 Å². The number of rotatable bonds is 5. The molecule has 0 heterocycles. The number of alkyl halides is 3. The quantitative estimate of drug-likeness (QED) is 0.683. The lowest BCUT2D eigenvalue weighted by molar-refractivity contribution is -0.137. The van der Waals surface area contributed by atoms with Gasteiger partial charge in [0.1, 0.15) is 11.9 Å². The largest absolute Gasteiger partial charge is 0.416 e. The molecule has 0 aliphatic heterocycles. The summed E-state index contributed by atoms with van der Waals surface area (Å²) in [5.74, 6) is -1.81. The van der Waals surface area contributed by atoms with E-state index in [1.165, 1.54) is 18.2 Å². The molecule has 3 rings (SSSR count). The van der Waals surface area contributed by atoms with Crippen LogP contribution in [0.4, 0.5) is 17.6 Å². The first kappa shape index (κ1) is 21.8. The minimum Gasteiger partial charge on any atom is -0.351 e. The van der Waals surface area contributed by atoms with Crippen LogP contribution in [0.5, 0.6) is 0 Å². The van der Waals surface area contributed by atoms with Crippen LogP contribution in [0.1, 0.15) is 59.6 Å². The van der Waals surface area contributed by atoms with Crippen LogP contribution >= 0.6 is 0 Å². The van der Waals surface area contributed by atoms with E-state index in [0.717, 1.165) is 62.4 Å². The van der Waals surface area contributed by atoms with Crippen molar-refractivity contribution in [3.63, 3.8) is 0 Å². The first-order chi connectivity index (χ1) is 14.2. The molecular formula is C22H22F4N2O2. The Kier molecular flexibility index (Phi) is 6.74. The number of hydrogen-bond donors (Lipinski definition) is 2. The normalized spacial score (nSPS) is 16.0. The van der Waals surface area contributed by atoms with Crippen molar-refractivity contribution in [1.29, 1.82) is 0 Å². The fraction of sp³-hybridized carbons (Fsp3) is 0.364. The van der Waals surface area contributed by atoms with E-state index >= 15 is 0 Å². The minimum atomic E-state index is -4.59. The van der Waals surface area contributed by atoms with Gasteiger partial charge < -0.3 is 10.6 Å². The van der Waals surface area contributed by atoms with E-state index in [-0.39, 0.29) is 11.6 Å². The van der Waals surface area contributed by atoms with Gasteiger partial charge in [-0.15, -0.1) is 0 Å².